The maximum Gasteiger partial charge on any atom is 0.248 e. The van der Waals surface area contributed by atoms with Crippen LogP contribution in [0.25, 0.3) is 0 Å². The first-order valence-electron chi connectivity index (χ1n) is 7.71. The molecule has 0 radical (unpaired) electrons. The van der Waals surface area contributed by atoms with Gasteiger partial charge in [-0.25, -0.2) is 4.98 Å². The van der Waals surface area contributed by atoms with Gasteiger partial charge in [-0.1, -0.05) is 30.3 Å². The molecule has 1 saturated heterocycles. The van der Waals surface area contributed by atoms with Crippen molar-refractivity contribution in [3.63, 3.8) is 0 Å². The Hall–Kier alpha value is -2.54. The molecule has 0 saturated carbocycles. The molecule has 2 aromatic rings. The third-order valence-electron chi connectivity index (χ3n) is 3.89. The Morgan fingerprint density at radius 2 is 1.92 bits per heavy atom. The fourth-order valence-electron chi connectivity index (χ4n) is 2.58. The van der Waals surface area contributed by atoms with Crippen LogP contribution in [-0.2, 0) is 9.59 Å². The van der Waals surface area contributed by atoms with Crippen LogP contribution in [-0.4, -0.2) is 47.1 Å². The minimum atomic E-state index is -0.161. The third-order valence-corrected chi connectivity index (χ3v) is 4.68. The summed E-state index contributed by atoms with van der Waals surface area (Å²) in [6.45, 7) is 0.937. The van der Waals surface area contributed by atoms with Crippen LogP contribution in [0.3, 0.4) is 0 Å². The summed E-state index contributed by atoms with van der Waals surface area (Å²) in [5.41, 5.74) is 0.606. The Morgan fingerprint density at radius 3 is 2.58 bits per heavy atom. The number of anilines is 1. The quantitative estimate of drug-likeness (QED) is 0.779. The van der Waals surface area contributed by atoms with E-state index in [1.807, 2.05) is 11.4 Å². The Kier molecular flexibility index (Phi) is 5.00. The van der Waals surface area contributed by atoms with Gasteiger partial charge in [0.2, 0.25) is 11.8 Å². The molecular formula is C17H17N3O3S. The van der Waals surface area contributed by atoms with Crippen molar-refractivity contribution >= 4 is 34.1 Å². The summed E-state index contributed by atoms with van der Waals surface area (Å²) in [5, 5.41) is 2.47. The van der Waals surface area contributed by atoms with Gasteiger partial charge in [0.25, 0.3) is 0 Å². The van der Waals surface area contributed by atoms with Gasteiger partial charge in [0.1, 0.15) is 6.54 Å². The molecule has 0 bridgehead atoms. The van der Waals surface area contributed by atoms with E-state index in [2.05, 4.69) is 4.98 Å². The highest BCUT2D eigenvalue weighted by Gasteiger charge is 2.29. The first kappa shape index (κ1) is 16.3. The summed E-state index contributed by atoms with van der Waals surface area (Å²) in [4.78, 5) is 43.8. The number of hydrogen-bond donors (Lipinski definition) is 0. The van der Waals surface area contributed by atoms with Crippen LogP contribution in [0.2, 0.25) is 0 Å². The number of piperazine rings is 1. The number of aromatic nitrogens is 1. The van der Waals surface area contributed by atoms with E-state index in [4.69, 9.17) is 0 Å². The van der Waals surface area contributed by atoms with Crippen molar-refractivity contribution in [1.29, 1.82) is 0 Å². The predicted octanol–water partition coefficient (Wildman–Crippen LogP) is 1.98. The van der Waals surface area contributed by atoms with Crippen molar-refractivity contribution in [3.8, 4) is 0 Å². The maximum atomic E-state index is 12.3. The zero-order chi connectivity index (χ0) is 16.9. The van der Waals surface area contributed by atoms with Gasteiger partial charge >= 0.3 is 0 Å². The molecular weight excluding hydrogens is 326 g/mol. The molecule has 1 fully saturated rings. The Balaban J connectivity index is 1.52. The second kappa shape index (κ2) is 7.35. The van der Waals surface area contributed by atoms with Gasteiger partial charge in [0, 0.05) is 43.1 Å². The predicted molar refractivity (Wildman–Crippen MR) is 91.1 cm³/mol. The lowest BCUT2D eigenvalue weighted by molar-refractivity contribution is -0.136. The molecule has 1 aliphatic rings. The Bertz CT molecular complexity index is 731. The van der Waals surface area contributed by atoms with Gasteiger partial charge in [-0.05, 0) is 0 Å². The lowest BCUT2D eigenvalue weighted by Gasteiger charge is -2.32. The molecule has 0 spiro atoms. The summed E-state index contributed by atoms with van der Waals surface area (Å²) in [6, 6.07) is 8.92. The number of carbonyl (C=O) groups excluding carboxylic acids is 3. The smallest absolute Gasteiger partial charge is 0.248 e. The number of Topliss-reactive ketones (excluding diaryl/α,β-unsaturated/α-hetero) is 1. The number of ketones is 1. The number of hydrogen-bond acceptors (Lipinski definition) is 5. The highest BCUT2D eigenvalue weighted by atomic mass is 32.1. The molecule has 0 unspecified atom stereocenters. The van der Waals surface area contributed by atoms with E-state index in [1.54, 1.807) is 35.4 Å². The molecule has 0 aliphatic carbocycles. The normalized spacial score (nSPS) is 14.8. The van der Waals surface area contributed by atoms with Crippen molar-refractivity contribution in [3.05, 3.63) is 47.5 Å². The lowest BCUT2D eigenvalue weighted by atomic mass is 10.1. The summed E-state index contributed by atoms with van der Waals surface area (Å²) < 4.78 is 0. The van der Waals surface area contributed by atoms with E-state index in [-0.39, 0.29) is 37.0 Å². The molecule has 7 heteroatoms. The number of carbonyl (C=O) groups is 3. The van der Waals surface area contributed by atoms with E-state index in [0.717, 1.165) is 0 Å². The molecule has 1 aromatic heterocycles. The first-order valence-corrected chi connectivity index (χ1v) is 8.59. The summed E-state index contributed by atoms with van der Waals surface area (Å²) in [5.74, 6) is -0.359. The van der Waals surface area contributed by atoms with Gasteiger partial charge < -0.3 is 4.90 Å². The molecule has 2 heterocycles. The van der Waals surface area contributed by atoms with Crippen molar-refractivity contribution in [1.82, 2.24) is 9.88 Å². The molecule has 0 atom stereocenters. The molecule has 6 nitrogen and oxygen atoms in total. The molecule has 3 rings (SSSR count). The van der Waals surface area contributed by atoms with Gasteiger partial charge in [0.15, 0.2) is 10.9 Å². The molecule has 0 N–H and O–H groups in total. The van der Waals surface area contributed by atoms with Crippen molar-refractivity contribution < 1.29 is 14.4 Å². The van der Waals surface area contributed by atoms with Gasteiger partial charge in [-0.2, -0.15) is 0 Å². The average Bonchev–Trinajstić information content (AvgIpc) is 3.14. The van der Waals surface area contributed by atoms with E-state index < -0.39 is 0 Å². The topological polar surface area (TPSA) is 70.6 Å². The number of nitrogens with zero attached hydrogens (tertiary/aromatic N) is 3. The Morgan fingerprint density at radius 1 is 1.12 bits per heavy atom. The zero-order valence-electron chi connectivity index (χ0n) is 13.1. The van der Waals surface area contributed by atoms with E-state index in [9.17, 15) is 14.4 Å². The Labute approximate surface area is 143 Å². The SMILES string of the molecule is O=C(CCC(=O)N1CCN(c2nccs2)C(=O)C1)c1ccccc1. The molecule has 24 heavy (non-hydrogen) atoms. The first-order chi connectivity index (χ1) is 11.6. The molecule has 1 aliphatic heterocycles. The maximum absolute atomic E-state index is 12.3. The highest BCUT2D eigenvalue weighted by Crippen LogP contribution is 2.20. The summed E-state index contributed by atoms with van der Waals surface area (Å²) >= 11 is 1.40. The second-order valence-corrected chi connectivity index (χ2v) is 6.34. The fourth-order valence-corrected chi connectivity index (χ4v) is 3.27. The second-order valence-electron chi connectivity index (χ2n) is 5.46. The number of rotatable bonds is 5. The summed E-state index contributed by atoms with van der Waals surface area (Å²) in [6.07, 6.45) is 1.93. The average molecular weight is 343 g/mol. The van der Waals surface area contributed by atoms with Crippen LogP contribution in [0.1, 0.15) is 23.2 Å². The monoisotopic (exact) mass is 343 g/mol. The third kappa shape index (κ3) is 3.68. The van der Waals surface area contributed by atoms with E-state index in [1.165, 1.54) is 16.2 Å². The van der Waals surface area contributed by atoms with E-state index >= 15 is 0 Å². The molecule has 2 amide bonds. The number of benzene rings is 1. The molecule has 1 aromatic carbocycles. The van der Waals surface area contributed by atoms with Crippen LogP contribution < -0.4 is 4.90 Å². The van der Waals surface area contributed by atoms with Crippen molar-refractivity contribution in [2.45, 2.75) is 12.8 Å². The van der Waals surface area contributed by atoms with Gasteiger partial charge in [-0.15, -0.1) is 11.3 Å². The van der Waals surface area contributed by atoms with Crippen LogP contribution in [0.5, 0.6) is 0 Å². The number of thiazole rings is 1. The van der Waals surface area contributed by atoms with Crippen LogP contribution >= 0.6 is 11.3 Å². The van der Waals surface area contributed by atoms with Gasteiger partial charge in [0.05, 0.1) is 0 Å². The van der Waals surface area contributed by atoms with Crippen LogP contribution in [0.4, 0.5) is 5.13 Å². The van der Waals surface area contributed by atoms with Crippen LogP contribution in [0, 0.1) is 0 Å². The van der Waals surface area contributed by atoms with Crippen LogP contribution in [0.15, 0.2) is 41.9 Å². The number of amides is 2. The van der Waals surface area contributed by atoms with E-state index in [0.29, 0.717) is 23.8 Å². The minimum absolute atomic E-state index is 0.0396. The highest BCUT2D eigenvalue weighted by molar-refractivity contribution is 7.13. The van der Waals surface area contributed by atoms with Gasteiger partial charge in [-0.3, -0.25) is 19.3 Å². The largest absolute Gasteiger partial charge is 0.332 e. The van der Waals surface area contributed by atoms with Crippen molar-refractivity contribution in [2.24, 2.45) is 0 Å². The standard InChI is InChI=1S/C17H17N3O3S/c21-14(13-4-2-1-3-5-13)6-7-15(22)19-9-10-20(16(23)12-19)17-18-8-11-24-17/h1-5,8,11H,6-7,9-10,12H2. The lowest BCUT2D eigenvalue weighted by Crippen LogP contribution is -2.52. The van der Waals surface area contributed by atoms with Crippen molar-refractivity contribution in [2.75, 3.05) is 24.5 Å². The summed E-state index contributed by atoms with van der Waals surface area (Å²) in [7, 11) is 0. The fraction of sp³-hybridized carbons (Fsp3) is 0.294. The molecule has 124 valence electrons. The zero-order valence-corrected chi connectivity index (χ0v) is 13.9. The minimum Gasteiger partial charge on any atom is -0.332 e.